The van der Waals surface area contributed by atoms with Gasteiger partial charge in [-0.1, -0.05) is 121 Å². The first kappa shape index (κ1) is 22.2. The van der Waals surface area contributed by atoms with Crippen LogP contribution in [0.3, 0.4) is 0 Å². The van der Waals surface area contributed by atoms with Crippen molar-refractivity contribution in [3.05, 3.63) is 35.9 Å². The molecule has 2 heteroatoms. The van der Waals surface area contributed by atoms with Crippen LogP contribution in [0.1, 0.15) is 109 Å². The monoisotopic (exact) mass is 348 g/mol. The Labute approximate surface area is 156 Å². The van der Waals surface area contributed by atoms with Crippen LogP contribution in [0, 0.1) is 0 Å². The molecule has 25 heavy (non-hydrogen) atoms. The van der Waals surface area contributed by atoms with E-state index < -0.39 is 6.29 Å². The van der Waals surface area contributed by atoms with Gasteiger partial charge < -0.3 is 9.84 Å². The fourth-order valence-electron chi connectivity index (χ4n) is 3.21. The fourth-order valence-corrected chi connectivity index (χ4v) is 3.21. The zero-order valence-electron chi connectivity index (χ0n) is 16.4. The van der Waals surface area contributed by atoms with Crippen molar-refractivity contribution >= 4 is 0 Å². The van der Waals surface area contributed by atoms with Crippen molar-refractivity contribution in [3.63, 3.8) is 0 Å². The topological polar surface area (TPSA) is 29.5 Å². The van der Waals surface area contributed by atoms with E-state index in [-0.39, 0.29) is 0 Å². The van der Waals surface area contributed by atoms with E-state index in [9.17, 15) is 5.11 Å². The summed E-state index contributed by atoms with van der Waals surface area (Å²) in [5.41, 5.74) is 0.841. The summed E-state index contributed by atoms with van der Waals surface area (Å²) in [6.07, 6.45) is 18.2. The van der Waals surface area contributed by atoms with Crippen LogP contribution in [0.25, 0.3) is 0 Å². The van der Waals surface area contributed by atoms with Crippen LogP contribution < -0.4 is 0 Å². The maximum absolute atomic E-state index is 9.90. The molecular weight excluding hydrogens is 308 g/mol. The number of aliphatic hydroxyl groups is 1. The standard InChI is InChI=1S/C23H40O2/c1-2-3-4-5-6-7-8-9-10-11-12-13-14-18-21-25-23(24)22-19-16-15-17-20-22/h15-17,19-20,23-24H,2-14,18,21H2,1H3. The van der Waals surface area contributed by atoms with Gasteiger partial charge in [0.15, 0.2) is 6.29 Å². The molecule has 1 N–H and O–H groups in total. The third-order valence-electron chi connectivity index (χ3n) is 4.86. The predicted molar refractivity (Wildman–Crippen MR) is 108 cm³/mol. The Morgan fingerprint density at radius 1 is 0.680 bits per heavy atom. The van der Waals surface area contributed by atoms with Crippen LogP contribution in [-0.4, -0.2) is 11.7 Å². The Balaban J connectivity index is 1.77. The number of rotatable bonds is 17. The highest BCUT2D eigenvalue weighted by molar-refractivity contribution is 5.15. The third-order valence-corrected chi connectivity index (χ3v) is 4.86. The van der Waals surface area contributed by atoms with Crippen LogP contribution >= 0.6 is 0 Å². The second kappa shape index (κ2) is 16.6. The van der Waals surface area contributed by atoms with Gasteiger partial charge in [-0.3, -0.25) is 0 Å². The first-order valence-corrected chi connectivity index (χ1v) is 10.7. The SMILES string of the molecule is CCCCCCCCCCCCCCCCOC(O)c1ccccc1. The van der Waals surface area contributed by atoms with Crippen molar-refractivity contribution < 1.29 is 9.84 Å². The summed E-state index contributed by atoms with van der Waals surface area (Å²) in [4.78, 5) is 0. The van der Waals surface area contributed by atoms with Gasteiger partial charge in [-0.2, -0.15) is 0 Å². The fraction of sp³-hybridized carbons (Fsp3) is 0.739. The molecule has 0 fully saturated rings. The van der Waals surface area contributed by atoms with Crippen LogP contribution in [0.4, 0.5) is 0 Å². The van der Waals surface area contributed by atoms with Crippen molar-refractivity contribution in [1.29, 1.82) is 0 Å². The first-order valence-electron chi connectivity index (χ1n) is 10.7. The largest absolute Gasteiger partial charge is 0.364 e. The Bertz CT molecular complexity index is 377. The van der Waals surface area contributed by atoms with Gasteiger partial charge in [0.25, 0.3) is 0 Å². The van der Waals surface area contributed by atoms with E-state index in [1.807, 2.05) is 30.3 Å². The Morgan fingerprint density at radius 3 is 1.60 bits per heavy atom. The van der Waals surface area contributed by atoms with Gasteiger partial charge in [0.05, 0.1) is 6.61 Å². The second-order valence-corrected chi connectivity index (χ2v) is 7.23. The van der Waals surface area contributed by atoms with Gasteiger partial charge in [0, 0.05) is 5.56 Å². The zero-order chi connectivity index (χ0) is 18.0. The Kier molecular flexibility index (Phi) is 14.7. The predicted octanol–water partition coefficient (Wildman–Crippen LogP) is 7.18. The normalized spacial score (nSPS) is 12.4. The summed E-state index contributed by atoms with van der Waals surface area (Å²) in [5.74, 6) is 0. The molecule has 1 aromatic carbocycles. The van der Waals surface area contributed by atoms with Crippen molar-refractivity contribution in [2.24, 2.45) is 0 Å². The van der Waals surface area contributed by atoms with Gasteiger partial charge in [-0.15, -0.1) is 0 Å². The molecule has 1 atom stereocenters. The highest BCUT2D eigenvalue weighted by atomic mass is 16.6. The number of hydrogen-bond donors (Lipinski definition) is 1. The van der Waals surface area contributed by atoms with Crippen molar-refractivity contribution in [2.45, 2.75) is 103 Å². The van der Waals surface area contributed by atoms with E-state index in [4.69, 9.17) is 4.74 Å². The molecule has 0 radical (unpaired) electrons. The van der Waals surface area contributed by atoms with Gasteiger partial charge in [0.2, 0.25) is 0 Å². The van der Waals surface area contributed by atoms with E-state index in [0.717, 1.165) is 12.0 Å². The van der Waals surface area contributed by atoms with Crippen molar-refractivity contribution in [1.82, 2.24) is 0 Å². The highest BCUT2D eigenvalue weighted by Gasteiger charge is 2.05. The molecule has 1 rings (SSSR count). The van der Waals surface area contributed by atoms with E-state index in [2.05, 4.69) is 6.92 Å². The Morgan fingerprint density at radius 2 is 1.12 bits per heavy atom. The second-order valence-electron chi connectivity index (χ2n) is 7.23. The average molecular weight is 349 g/mol. The molecule has 0 bridgehead atoms. The Hall–Kier alpha value is -0.860. The number of ether oxygens (including phenoxy) is 1. The molecule has 1 unspecified atom stereocenters. The quantitative estimate of drug-likeness (QED) is 0.239. The average Bonchev–Trinajstić information content (AvgIpc) is 2.65. The summed E-state index contributed by atoms with van der Waals surface area (Å²) in [5, 5.41) is 9.90. The van der Waals surface area contributed by atoms with Gasteiger partial charge in [0.1, 0.15) is 0 Å². The summed E-state index contributed by atoms with van der Waals surface area (Å²) < 4.78 is 5.49. The van der Waals surface area contributed by atoms with E-state index in [1.165, 1.54) is 83.5 Å². The van der Waals surface area contributed by atoms with Crippen molar-refractivity contribution in [3.8, 4) is 0 Å². The van der Waals surface area contributed by atoms with Crippen LogP contribution in [0.15, 0.2) is 30.3 Å². The maximum atomic E-state index is 9.90. The number of unbranched alkanes of at least 4 members (excludes halogenated alkanes) is 13. The lowest BCUT2D eigenvalue weighted by atomic mass is 10.0. The smallest absolute Gasteiger partial charge is 0.181 e. The molecule has 0 aliphatic heterocycles. The minimum Gasteiger partial charge on any atom is -0.364 e. The van der Waals surface area contributed by atoms with Gasteiger partial charge >= 0.3 is 0 Å². The van der Waals surface area contributed by atoms with E-state index in [1.54, 1.807) is 0 Å². The minimum absolute atomic E-state index is 0.647. The lowest BCUT2D eigenvalue weighted by molar-refractivity contribution is -0.103. The first-order chi connectivity index (χ1) is 12.3. The summed E-state index contributed by atoms with van der Waals surface area (Å²) in [7, 11) is 0. The molecule has 0 aromatic heterocycles. The minimum atomic E-state index is -0.775. The molecule has 0 saturated carbocycles. The number of hydrogen-bond acceptors (Lipinski definition) is 2. The van der Waals surface area contributed by atoms with E-state index in [0.29, 0.717) is 6.61 Å². The third kappa shape index (κ3) is 13.1. The molecule has 0 amide bonds. The zero-order valence-corrected chi connectivity index (χ0v) is 16.4. The molecule has 0 aliphatic rings. The lowest BCUT2D eigenvalue weighted by Crippen LogP contribution is -2.04. The number of aliphatic hydroxyl groups excluding tert-OH is 1. The molecule has 144 valence electrons. The lowest BCUT2D eigenvalue weighted by Gasteiger charge is -2.12. The molecule has 0 heterocycles. The van der Waals surface area contributed by atoms with Crippen LogP contribution in [0.2, 0.25) is 0 Å². The van der Waals surface area contributed by atoms with Crippen LogP contribution in [0.5, 0.6) is 0 Å². The molecule has 1 aromatic rings. The van der Waals surface area contributed by atoms with Crippen LogP contribution in [-0.2, 0) is 4.74 Å². The summed E-state index contributed by atoms with van der Waals surface area (Å²) in [6, 6.07) is 9.60. The molecule has 0 spiro atoms. The van der Waals surface area contributed by atoms with E-state index >= 15 is 0 Å². The highest BCUT2D eigenvalue weighted by Crippen LogP contribution is 2.15. The van der Waals surface area contributed by atoms with Crippen molar-refractivity contribution in [2.75, 3.05) is 6.61 Å². The summed E-state index contributed by atoms with van der Waals surface area (Å²) >= 11 is 0. The van der Waals surface area contributed by atoms with Gasteiger partial charge in [-0.05, 0) is 6.42 Å². The van der Waals surface area contributed by atoms with Gasteiger partial charge in [-0.25, -0.2) is 0 Å². The molecular formula is C23H40O2. The number of benzene rings is 1. The molecule has 0 saturated heterocycles. The molecule has 0 aliphatic carbocycles. The summed E-state index contributed by atoms with van der Waals surface area (Å²) in [6.45, 7) is 2.93. The maximum Gasteiger partial charge on any atom is 0.181 e. The molecule has 2 nitrogen and oxygen atoms in total.